The van der Waals surface area contributed by atoms with Crippen LogP contribution >= 0.6 is 0 Å². The van der Waals surface area contributed by atoms with E-state index in [1.165, 1.54) is 0 Å². The molecule has 2 aliphatic heterocycles. The topological polar surface area (TPSA) is 105 Å². The minimum atomic E-state index is -0.804. The van der Waals surface area contributed by atoms with Crippen molar-refractivity contribution in [2.45, 2.75) is 31.2 Å². The smallest absolute Gasteiger partial charge is 0.322 e. The molecule has 2 rings (SSSR count). The molecule has 7 heteroatoms. The molecule has 0 radical (unpaired) electrons. The predicted octanol–water partition coefficient (Wildman–Crippen LogP) is -1.07. The van der Waals surface area contributed by atoms with E-state index in [4.69, 9.17) is 5.73 Å². The first-order valence-corrected chi connectivity index (χ1v) is 6.19. The van der Waals surface area contributed by atoms with Gasteiger partial charge >= 0.3 is 6.03 Å². The number of nitrogens with one attached hydrogen (secondary N) is 2. The number of likely N-dealkylation sites (tertiary alicyclic amines) is 1. The predicted molar refractivity (Wildman–Crippen MR) is 63.5 cm³/mol. The third kappa shape index (κ3) is 2.31. The Morgan fingerprint density at radius 3 is 2.50 bits per heavy atom. The van der Waals surface area contributed by atoms with E-state index >= 15 is 0 Å². The number of carbonyl (C=O) groups excluding carboxylic acids is 3. The summed E-state index contributed by atoms with van der Waals surface area (Å²) in [4.78, 5) is 36.4. The van der Waals surface area contributed by atoms with Crippen molar-refractivity contribution in [3.05, 3.63) is 0 Å². The first-order valence-electron chi connectivity index (χ1n) is 6.19. The Bertz CT molecular complexity index is 374. The number of rotatable bonds is 3. The quantitative estimate of drug-likeness (QED) is 0.557. The number of hydrogen-bond donors (Lipinski definition) is 3. The average Bonchev–Trinajstić information content (AvgIpc) is 2.62. The summed E-state index contributed by atoms with van der Waals surface area (Å²) in [6.45, 7) is 1.50. The van der Waals surface area contributed by atoms with Crippen molar-refractivity contribution in [2.24, 2.45) is 5.73 Å². The molecule has 0 aromatic rings. The standard InChI is InChI=1S/C11H18N4O3/c12-5-1-2-8(16)15-6-3-11(4-7-15)9(17)13-10(18)14-11/h1-7,12H2,(H2,13,14,17,18). The molecule has 1 spiro atoms. The number of amides is 4. The number of imide groups is 1. The summed E-state index contributed by atoms with van der Waals surface area (Å²) in [5.41, 5.74) is 4.56. The molecule has 0 atom stereocenters. The average molecular weight is 254 g/mol. The SMILES string of the molecule is NCCCC(=O)N1CCC2(CC1)NC(=O)NC2=O. The fourth-order valence-electron chi connectivity index (χ4n) is 2.43. The summed E-state index contributed by atoms with van der Waals surface area (Å²) in [6.07, 6.45) is 2.07. The highest BCUT2D eigenvalue weighted by Crippen LogP contribution is 2.25. The normalized spacial score (nSPS) is 21.9. The van der Waals surface area contributed by atoms with Gasteiger partial charge in [-0.3, -0.25) is 14.9 Å². The first-order chi connectivity index (χ1) is 8.57. The number of carbonyl (C=O) groups is 3. The second-order valence-electron chi connectivity index (χ2n) is 4.76. The van der Waals surface area contributed by atoms with Gasteiger partial charge in [0.05, 0.1) is 0 Å². The van der Waals surface area contributed by atoms with Crippen LogP contribution in [-0.4, -0.2) is 47.9 Å². The molecule has 2 saturated heterocycles. The van der Waals surface area contributed by atoms with Gasteiger partial charge in [0.25, 0.3) is 5.91 Å². The van der Waals surface area contributed by atoms with Crippen LogP contribution in [0.4, 0.5) is 4.79 Å². The van der Waals surface area contributed by atoms with E-state index in [0.29, 0.717) is 45.3 Å². The Morgan fingerprint density at radius 1 is 1.33 bits per heavy atom. The number of nitrogens with zero attached hydrogens (tertiary/aromatic N) is 1. The van der Waals surface area contributed by atoms with E-state index < -0.39 is 11.6 Å². The maximum atomic E-state index is 11.8. The zero-order valence-corrected chi connectivity index (χ0v) is 10.2. The van der Waals surface area contributed by atoms with Crippen LogP contribution < -0.4 is 16.4 Å². The van der Waals surface area contributed by atoms with Crippen LogP contribution in [0.1, 0.15) is 25.7 Å². The van der Waals surface area contributed by atoms with Crippen molar-refractivity contribution < 1.29 is 14.4 Å². The van der Waals surface area contributed by atoms with Crippen molar-refractivity contribution in [2.75, 3.05) is 19.6 Å². The van der Waals surface area contributed by atoms with Crippen LogP contribution in [0.2, 0.25) is 0 Å². The lowest BCUT2D eigenvalue weighted by Crippen LogP contribution is -2.55. The van der Waals surface area contributed by atoms with Crippen LogP contribution in [-0.2, 0) is 9.59 Å². The van der Waals surface area contributed by atoms with Crippen LogP contribution in [0.3, 0.4) is 0 Å². The Balaban J connectivity index is 1.90. The van der Waals surface area contributed by atoms with Crippen molar-refractivity contribution >= 4 is 17.8 Å². The fourth-order valence-corrected chi connectivity index (χ4v) is 2.43. The molecule has 4 amide bonds. The van der Waals surface area contributed by atoms with Crippen molar-refractivity contribution in [3.8, 4) is 0 Å². The second-order valence-corrected chi connectivity index (χ2v) is 4.76. The van der Waals surface area contributed by atoms with E-state index in [1.54, 1.807) is 4.90 Å². The Morgan fingerprint density at radius 2 is 2.00 bits per heavy atom. The third-order valence-electron chi connectivity index (χ3n) is 3.58. The molecule has 2 aliphatic rings. The molecule has 2 heterocycles. The molecule has 0 saturated carbocycles. The van der Waals surface area contributed by atoms with E-state index in [9.17, 15) is 14.4 Å². The van der Waals surface area contributed by atoms with E-state index in [1.807, 2.05) is 0 Å². The number of urea groups is 1. The summed E-state index contributed by atoms with van der Waals surface area (Å²) >= 11 is 0. The first kappa shape index (κ1) is 12.8. The van der Waals surface area contributed by atoms with Gasteiger partial charge in [-0.1, -0.05) is 0 Å². The van der Waals surface area contributed by atoms with Crippen molar-refractivity contribution in [1.82, 2.24) is 15.5 Å². The molecule has 4 N–H and O–H groups in total. The van der Waals surface area contributed by atoms with Crippen LogP contribution in [0.25, 0.3) is 0 Å². The summed E-state index contributed by atoms with van der Waals surface area (Å²) < 4.78 is 0. The number of nitrogens with two attached hydrogens (primary N) is 1. The Kier molecular flexibility index (Phi) is 3.51. The Labute approximate surface area is 105 Å². The van der Waals surface area contributed by atoms with Gasteiger partial charge in [-0.05, 0) is 25.8 Å². The lowest BCUT2D eigenvalue weighted by Gasteiger charge is -2.37. The van der Waals surface area contributed by atoms with Gasteiger partial charge in [-0.15, -0.1) is 0 Å². The van der Waals surface area contributed by atoms with E-state index in [-0.39, 0.29) is 11.8 Å². The van der Waals surface area contributed by atoms with Crippen LogP contribution in [0.15, 0.2) is 0 Å². The molecule has 0 aromatic heterocycles. The summed E-state index contributed by atoms with van der Waals surface area (Å²) in [6, 6.07) is -0.442. The highest BCUT2D eigenvalue weighted by Gasteiger charge is 2.48. The molecule has 0 bridgehead atoms. The lowest BCUT2D eigenvalue weighted by atomic mass is 9.87. The van der Waals surface area contributed by atoms with Crippen LogP contribution in [0, 0.1) is 0 Å². The van der Waals surface area contributed by atoms with Gasteiger partial charge < -0.3 is 16.0 Å². The third-order valence-corrected chi connectivity index (χ3v) is 3.58. The molecule has 18 heavy (non-hydrogen) atoms. The maximum absolute atomic E-state index is 11.8. The molecule has 7 nitrogen and oxygen atoms in total. The number of hydrogen-bond acceptors (Lipinski definition) is 4. The largest absolute Gasteiger partial charge is 0.342 e. The van der Waals surface area contributed by atoms with Gasteiger partial charge in [0.15, 0.2) is 0 Å². The molecule has 0 unspecified atom stereocenters. The molecular weight excluding hydrogens is 236 g/mol. The summed E-state index contributed by atoms with van der Waals surface area (Å²) in [5, 5.41) is 4.91. The maximum Gasteiger partial charge on any atom is 0.322 e. The Hall–Kier alpha value is -1.63. The number of piperidine rings is 1. The molecule has 2 fully saturated rings. The molecule has 0 aliphatic carbocycles. The van der Waals surface area contributed by atoms with Gasteiger partial charge in [0.1, 0.15) is 5.54 Å². The highest BCUT2D eigenvalue weighted by molar-refractivity contribution is 6.07. The van der Waals surface area contributed by atoms with E-state index in [0.717, 1.165) is 0 Å². The zero-order chi connectivity index (χ0) is 13.2. The highest BCUT2D eigenvalue weighted by atomic mass is 16.2. The van der Waals surface area contributed by atoms with Gasteiger partial charge in [0, 0.05) is 19.5 Å². The molecular formula is C11H18N4O3. The van der Waals surface area contributed by atoms with Gasteiger partial charge in [-0.25, -0.2) is 4.79 Å². The minimum Gasteiger partial charge on any atom is -0.342 e. The van der Waals surface area contributed by atoms with Crippen LogP contribution in [0.5, 0.6) is 0 Å². The monoisotopic (exact) mass is 254 g/mol. The van der Waals surface area contributed by atoms with Gasteiger partial charge in [-0.2, -0.15) is 0 Å². The zero-order valence-electron chi connectivity index (χ0n) is 10.2. The minimum absolute atomic E-state index is 0.0695. The summed E-state index contributed by atoms with van der Waals surface area (Å²) in [7, 11) is 0. The van der Waals surface area contributed by atoms with E-state index in [2.05, 4.69) is 10.6 Å². The lowest BCUT2D eigenvalue weighted by molar-refractivity contribution is -0.135. The van der Waals surface area contributed by atoms with Crippen molar-refractivity contribution in [3.63, 3.8) is 0 Å². The van der Waals surface area contributed by atoms with Crippen molar-refractivity contribution in [1.29, 1.82) is 0 Å². The second kappa shape index (κ2) is 4.93. The molecule has 100 valence electrons. The van der Waals surface area contributed by atoms with Gasteiger partial charge in [0.2, 0.25) is 5.91 Å². The molecule has 0 aromatic carbocycles. The fraction of sp³-hybridized carbons (Fsp3) is 0.727. The summed E-state index contributed by atoms with van der Waals surface area (Å²) in [5.74, 6) is -0.207.